The third kappa shape index (κ3) is 4.51. The number of ether oxygens (including phenoxy) is 1. The Bertz CT molecular complexity index is 845. The van der Waals surface area contributed by atoms with E-state index in [1.807, 2.05) is 6.92 Å². The molecule has 152 valence electrons. The number of anilines is 2. The summed E-state index contributed by atoms with van der Waals surface area (Å²) in [4.78, 5) is 8.15. The Morgan fingerprint density at radius 1 is 1.14 bits per heavy atom. The number of hydrogen-bond donors (Lipinski definition) is 2. The van der Waals surface area contributed by atoms with Crippen molar-refractivity contribution in [1.29, 1.82) is 0 Å². The molecule has 3 heterocycles. The fraction of sp³-hybridized carbons (Fsp3) is 0.450. The van der Waals surface area contributed by atoms with Crippen LogP contribution in [0.5, 0.6) is 0 Å². The highest BCUT2D eigenvalue weighted by atomic mass is 32.1. The van der Waals surface area contributed by atoms with Gasteiger partial charge in [0.25, 0.3) is 0 Å². The van der Waals surface area contributed by atoms with Gasteiger partial charge in [0, 0.05) is 56.9 Å². The Hall–Kier alpha value is -2.03. The molecule has 28 heavy (non-hydrogen) atoms. The highest BCUT2D eigenvalue weighted by Crippen LogP contribution is 2.40. The number of hydrogen-bond acceptors (Lipinski definition) is 6. The Labute approximate surface area is 168 Å². The van der Waals surface area contributed by atoms with Crippen molar-refractivity contribution in [2.24, 2.45) is 4.99 Å². The van der Waals surface area contributed by atoms with Gasteiger partial charge in [0.2, 0.25) is 0 Å². The van der Waals surface area contributed by atoms with E-state index in [4.69, 9.17) is 4.99 Å². The summed E-state index contributed by atoms with van der Waals surface area (Å²) >= 11 is 1.64. The summed E-state index contributed by atoms with van der Waals surface area (Å²) in [5.74, 6) is -0.908. The number of piperazine rings is 1. The normalized spacial score (nSPS) is 15.5. The zero-order valence-corrected chi connectivity index (χ0v) is 17.3. The van der Waals surface area contributed by atoms with E-state index in [-0.39, 0.29) is 0 Å². The minimum atomic E-state index is -0.876. The van der Waals surface area contributed by atoms with Gasteiger partial charge in [-0.3, -0.25) is 0 Å². The molecular formula is C20H26F2N4OS. The van der Waals surface area contributed by atoms with Gasteiger partial charge in [-0.25, -0.2) is 13.8 Å². The van der Waals surface area contributed by atoms with Crippen molar-refractivity contribution in [3.8, 4) is 0 Å². The number of nitrogens with one attached hydrogen (secondary N) is 2. The first-order chi connectivity index (χ1) is 13.6. The number of rotatable bonds is 2. The maximum Gasteiger partial charge on any atom is 0.161 e. The van der Waals surface area contributed by atoms with Crippen LogP contribution in [-0.4, -0.2) is 50.6 Å². The van der Waals surface area contributed by atoms with E-state index in [1.54, 1.807) is 18.4 Å². The molecule has 1 saturated heterocycles. The number of aliphatic imine (C=N–C) groups is 1. The lowest BCUT2D eigenvalue weighted by Gasteiger charge is -2.30. The van der Waals surface area contributed by atoms with E-state index in [0.29, 0.717) is 11.4 Å². The van der Waals surface area contributed by atoms with Crippen LogP contribution in [0.25, 0.3) is 0 Å². The molecule has 2 aromatic rings. The second kappa shape index (κ2) is 9.45. The van der Waals surface area contributed by atoms with Gasteiger partial charge in [-0.15, -0.1) is 11.3 Å². The van der Waals surface area contributed by atoms with E-state index in [2.05, 4.69) is 33.3 Å². The zero-order chi connectivity index (χ0) is 20.1. The Balaban J connectivity index is 0.000000516. The average molecular weight is 409 g/mol. The number of thiophene rings is 1. The first-order valence-electron chi connectivity index (χ1n) is 9.49. The van der Waals surface area contributed by atoms with E-state index in [0.717, 1.165) is 61.7 Å². The molecular weight excluding hydrogens is 382 g/mol. The Morgan fingerprint density at radius 3 is 2.46 bits per heavy atom. The maximum absolute atomic E-state index is 13.7. The van der Waals surface area contributed by atoms with Gasteiger partial charge in [-0.2, -0.15) is 0 Å². The predicted octanol–water partition coefficient (Wildman–Crippen LogP) is 4.28. The third-order valence-electron chi connectivity index (χ3n) is 4.59. The van der Waals surface area contributed by atoms with Crippen LogP contribution in [0.1, 0.15) is 24.3 Å². The number of methoxy groups -OCH3 is 1. The zero-order valence-electron chi connectivity index (χ0n) is 16.4. The molecule has 2 aliphatic heterocycles. The van der Waals surface area contributed by atoms with Gasteiger partial charge in [-0.1, -0.05) is 6.92 Å². The molecule has 0 saturated carbocycles. The summed E-state index contributed by atoms with van der Waals surface area (Å²) in [6, 6.07) is 4.48. The van der Waals surface area contributed by atoms with Crippen molar-refractivity contribution in [2.75, 3.05) is 45.2 Å². The van der Waals surface area contributed by atoms with Gasteiger partial charge < -0.3 is 20.3 Å². The molecule has 2 N–H and O–H groups in total. The highest BCUT2D eigenvalue weighted by Gasteiger charge is 2.25. The largest absolute Gasteiger partial charge is 0.385 e. The van der Waals surface area contributed by atoms with E-state index < -0.39 is 11.6 Å². The van der Waals surface area contributed by atoms with Gasteiger partial charge >= 0.3 is 0 Å². The van der Waals surface area contributed by atoms with Crippen molar-refractivity contribution in [3.05, 3.63) is 40.3 Å². The van der Waals surface area contributed by atoms with Gasteiger partial charge in [-0.05, 0) is 19.4 Å². The molecule has 0 bridgehead atoms. The second-order valence-electron chi connectivity index (χ2n) is 6.47. The van der Waals surface area contributed by atoms with Gasteiger partial charge in [0.15, 0.2) is 11.6 Å². The fourth-order valence-corrected chi connectivity index (χ4v) is 4.02. The fourth-order valence-electron chi connectivity index (χ4n) is 3.02. The summed E-state index contributed by atoms with van der Waals surface area (Å²) in [7, 11) is 1.68. The number of aryl methyl sites for hydroxylation is 1. The van der Waals surface area contributed by atoms with Crippen LogP contribution in [-0.2, 0) is 11.2 Å². The smallest absolute Gasteiger partial charge is 0.161 e. The summed E-state index contributed by atoms with van der Waals surface area (Å²) in [5, 5.41) is 7.51. The van der Waals surface area contributed by atoms with E-state index in [1.165, 1.54) is 10.9 Å². The molecule has 1 aromatic heterocycles. The molecule has 0 radical (unpaired) electrons. The number of fused-ring (bicyclic) bond motifs is 2. The SMILES string of the molecule is CCOC.CCc1cc2c(s1)Nc1cc(F)c(F)cc1N=C2N1CCNCC1. The number of amidine groups is 1. The minimum Gasteiger partial charge on any atom is -0.385 e. The first-order valence-corrected chi connectivity index (χ1v) is 10.3. The monoisotopic (exact) mass is 408 g/mol. The summed E-state index contributed by atoms with van der Waals surface area (Å²) in [5.41, 5.74) is 1.95. The first kappa shape index (κ1) is 20.7. The summed E-state index contributed by atoms with van der Waals surface area (Å²) < 4.78 is 31.9. The standard InChI is InChI=1S/C17H18F2N4S.C3H8O/c1-2-10-7-11-16(23-5-3-20-4-6-23)21-14-8-12(18)13(19)9-15(14)22-17(11)24-10;1-3-4-2/h7-9,20,22H,2-6H2,1H3;3H2,1-2H3. The summed E-state index contributed by atoms with van der Waals surface area (Å²) in [6.07, 6.45) is 0.929. The molecule has 0 amide bonds. The van der Waals surface area contributed by atoms with E-state index in [9.17, 15) is 8.78 Å². The molecule has 0 spiro atoms. The second-order valence-corrected chi connectivity index (χ2v) is 7.60. The topological polar surface area (TPSA) is 48.9 Å². The molecule has 0 unspecified atom stereocenters. The summed E-state index contributed by atoms with van der Waals surface area (Å²) in [6.45, 7) is 8.34. The molecule has 5 nitrogen and oxygen atoms in total. The van der Waals surface area contributed by atoms with Crippen molar-refractivity contribution >= 4 is 33.5 Å². The van der Waals surface area contributed by atoms with E-state index >= 15 is 0 Å². The molecule has 1 fully saturated rings. The Morgan fingerprint density at radius 2 is 1.82 bits per heavy atom. The quantitative estimate of drug-likeness (QED) is 0.779. The third-order valence-corrected chi connectivity index (χ3v) is 5.79. The van der Waals surface area contributed by atoms with Crippen molar-refractivity contribution in [1.82, 2.24) is 10.2 Å². The van der Waals surface area contributed by atoms with Crippen LogP contribution < -0.4 is 10.6 Å². The van der Waals surface area contributed by atoms with Crippen LogP contribution in [0.2, 0.25) is 0 Å². The number of benzene rings is 1. The molecule has 2 aliphatic rings. The lowest BCUT2D eigenvalue weighted by atomic mass is 10.2. The Kier molecular flexibility index (Phi) is 6.98. The highest BCUT2D eigenvalue weighted by molar-refractivity contribution is 7.16. The lowest BCUT2D eigenvalue weighted by Crippen LogP contribution is -2.46. The molecule has 8 heteroatoms. The van der Waals surface area contributed by atoms with Crippen molar-refractivity contribution in [2.45, 2.75) is 20.3 Å². The van der Waals surface area contributed by atoms with Crippen LogP contribution in [0.15, 0.2) is 23.2 Å². The lowest BCUT2D eigenvalue weighted by molar-refractivity contribution is 0.215. The molecule has 1 aromatic carbocycles. The van der Waals surface area contributed by atoms with Crippen LogP contribution in [0, 0.1) is 11.6 Å². The molecule has 4 rings (SSSR count). The van der Waals surface area contributed by atoms with Crippen molar-refractivity contribution in [3.63, 3.8) is 0 Å². The predicted molar refractivity (Wildman–Crippen MR) is 112 cm³/mol. The molecule has 0 aliphatic carbocycles. The minimum absolute atomic E-state index is 0.434. The average Bonchev–Trinajstić information content (AvgIpc) is 3.07. The number of halogens is 2. The van der Waals surface area contributed by atoms with Gasteiger partial charge in [0.1, 0.15) is 10.8 Å². The maximum atomic E-state index is 13.7. The van der Waals surface area contributed by atoms with Crippen molar-refractivity contribution < 1.29 is 13.5 Å². The van der Waals surface area contributed by atoms with Gasteiger partial charge in [0.05, 0.1) is 16.9 Å². The van der Waals surface area contributed by atoms with Crippen LogP contribution >= 0.6 is 11.3 Å². The molecule has 0 atom stereocenters. The number of nitrogens with zero attached hydrogens (tertiary/aromatic N) is 2. The van der Waals surface area contributed by atoms with Crippen LogP contribution in [0.3, 0.4) is 0 Å². The van der Waals surface area contributed by atoms with Crippen LogP contribution in [0.4, 0.5) is 25.2 Å².